The Morgan fingerprint density at radius 3 is 2.75 bits per heavy atom. The van der Waals surface area contributed by atoms with Gasteiger partial charge in [0.25, 0.3) is 10.2 Å². The molecule has 0 spiro atoms. The predicted octanol–water partition coefficient (Wildman–Crippen LogP) is 2.47. The second-order valence-electron chi connectivity index (χ2n) is 8.02. The number of aryl methyl sites for hydroxylation is 1. The third kappa shape index (κ3) is 5.71. The summed E-state index contributed by atoms with van der Waals surface area (Å²) in [5.41, 5.74) is 1.63. The van der Waals surface area contributed by atoms with Gasteiger partial charge in [-0.3, -0.25) is 14.6 Å². The van der Waals surface area contributed by atoms with Crippen molar-refractivity contribution in [2.75, 3.05) is 12.4 Å². The number of thiazole rings is 1. The molecule has 3 aromatic rings. The third-order valence-electron chi connectivity index (χ3n) is 5.57. The molecule has 2 aromatic heterocycles. The molecule has 1 saturated heterocycles. The summed E-state index contributed by atoms with van der Waals surface area (Å²) in [5, 5.41) is 5.76. The van der Waals surface area contributed by atoms with Crippen LogP contribution in [0.2, 0.25) is 5.02 Å². The Labute approximate surface area is 216 Å². The van der Waals surface area contributed by atoms with E-state index in [1.54, 1.807) is 12.3 Å². The van der Waals surface area contributed by atoms with E-state index in [1.807, 2.05) is 19.1 Å². The number of halogens is 2. The Kier molecular flexibility index (Phi) is 7.66. The van der Waals surface area contributed by atoms with Gasteiger partial charge in [0.05, 0.1) is 23.0 Å². The number of benzene rings is 1. The van der Waals surface area contributed by atoms with E-state index in [2.05, 4.69) is 25.3 Å². The summed E-state index contributed by atoms with van der Waals surface area (Å²) in [6.07, 6.45) is 1.54. The van der Waals surface area contributed by atoms with Crippen molar-refractivity contribution < 1.29 is 22.4 Å². The van der Waals surface area contributed by atoms with Crippen LogP contribution in [0.3, 0.4) is 0 Å². The van der Waals surface area contributed by atoms with Crippen molar-refractivity contribution in [1.29, 1.82) is 0 Å². The number of carbonyl (C=O) groups is 2. The molecule has 1 aliphatic rings. The van der Waals surface area contributed by atoms with E-state index in [9.17, 15) is 22.4 Å². The van der Waals surface area contributed by atoms with E-state index in [0.29, 0.717) is 10.7 Å². The molecular formula is C22H22ClFN6O4S2. The van der Waals surface area contributed by atoms with E-state index >= 15 is 0 Å². The van der Waals surface area contributed by atoms with Gasteiger partial charge in [-0.2, -0.15) is 17.4 Å². The molecule has 14 heteroatoms. The van der Waals surface area contributed by atoms with Gasteiger partial charge in [0.1, 0.15) is 22.9 Å². The average molecular weight is 553 g/mol. The molecule has 190 valence electrons. The molecule has 36 heavy (non-hydrogen) atoms. The van der Waals surface area contributed by atoms with Crippen LogP contribution in [0.1, 0.15) is 17.0 Å². The largest absolute Gasteiger partial charge is 0.350 e. The van der Waals surface area contributed by atoms with E-state index in [4.69, 9.17) is 11.6 Å². The first kappa shape index (κ1) is 26.1. The van der Waals surface area contributed by atoms with Gasteiger partial charge >= 0.3 is 0 Å². The number of pyridine rings is 1. The SMILES string of the molecule is Cc1nc(-c2ccccn2)sc1CNC(=O)C1CC(C(=O)Nc2ccc(F)c(Cl)c2)N(C)S(=O)(=O)N1. The number of hydrogen-bond donors (Lipinski definition) is 3. The van der Waals surface area contributed by atoms with E-state index in [1.165, 1.54) is 30.5 Å². The standard InChI is InChI=1S/C22H22ClFN6O4S2/c1-12-19(35-22(27-12)16-5-3-4-8-25-16)11-26-20(31)17-10-18(30(2)36(33,34)29-17)21(32)28-13-6-7-15(24)14(23)9-13/h3-9,17-18,29H,10-11H2,1-2H3,(H,26,31)(H,28,32). The maximum absolute atomic E-state index is 13.4. The number of anilines is 1. The number of aromatic nitrogens is 2. The second-order valence-corrected chi connectivity index (χ2v) is 11.3. The van der Waals surface area contributed by atoms with Gasteiger partial charge in [0, 0.05) is 23.8 Å². The molecule has 1 fully saturated rings. The molecule has 2 amide bonds. The first-order valence-corrected chi connectivity index (χ1v) is 13.3. The van der Waals surface area contributed by atoms with Crippen LogP contribution < -0.4 is 15.4 Å². The Morgan fingerprint density at radius 1 is 1.28 bits per heavy atom. The minimum absolute atomic E-state index is 0.122. The van der Waals surface area contributed by atoms with Crippen molar-refractivity contribution in [2.45, 2.75) is 32.0 Å². The number of nitrogens with zero attached hydrogens (tertiary/aromatic N) is 3. The van der Waals surface area contributed by atoms with Crippen LogP contribution in [0.4, 0.5) is 10.1 Å². The van der Waals surface area contributed by atoms with Crippen molar-refractivity contribution in [3.63, 3.8) is 0 Å². The molecule has 4 rings (SSSR count). The maximum Gasteiger partial charge on any atom is 0.280 e. The third-order valence-corrected chi connectivity index (χ3v) is 8.64. The molecule has 0 saturated carbocycles. The fraction of sp³-hybridized carbons (Fsp3) is 0.273. The molecule has 2 atom stereocenters. The quantitative estimate of drug-likeness (QED) is 0.430. The Morgan fingerprint density at radius 2 is 2.06 bits per heavy atom. The van der Waals surface area contributed by atoms with Crippen LogP contribution in [-0.4, -0.2) is 53.6 Å². The minimum Gasteiger partial charge on any atom is -0.350 e. The van der Waals surface area contributed by atoms with Gasteiger partial charge < -0.3 is 10.6 Å². The zero-order valence-corrected chi connectivity index (χ0v) is 21.5. The van der Waals surface area contributed by atoms with Crippen molar-refractivity contribution in [3.05, 3.63) is 64.0 Å². The van der Waals surface area contributed by atoms with Gasteiger partial charge in [-0.15, -0.1) is 11.3 Å². The topological polar surface area (TPSA) is 133 Å². The molecule has 0 radical (unpaired) electrons. The summed E-state index contributed by atoms with van der Waals surface area (Å²) >= 11 is 7.13. The lowest BCUT2D eigenvalue weighted by atomic mass is 10.1. The van der Waals surface area contributed by atoms with Gasteiger partial charge in [0.2, 0.25) is 11.8 Å². The van der Waals surface area contributed by atoms with Gasteiger partial charge in [0.15, 0.2) is 0 Å². The van der Waals surface area contributed by atoms with Crippen LogP contribution >= 0.6 is 22.9 Å². The zero-order chi connectivity index (χ0) is 26.0. The molecule has 0 aliphatic carbocycles. The molecule has 10 nitrogen and oxygen atoms in total. The lowest BCUT2D eigenvalue weighted by molar-refractivity contribution is -0.124. The molecular weight excluding hydrogens is 531 g/mol. The number of nitrogens with one attached hydrogen (secondary N) is 3. The van der Waals surface area contributed by atoms with Crippen molar-refractivity contribution in [3.8, 4) is 10.7 Å². The second kappa shape index (κ2) is 10.6. The first-order valence-electron chi connectivity index (χ1n) is 10.7. The number of rotatable bonds is 6. The molecule has 0 bridgehead atoms. The van der Waals surface area contributed by atoms with Crippen LogP contribution in [0.25, 0.3) is 10.7 Å². The van der Waals surface area contributed by atoms with Gasteiger partial charge in [-0.1, -0.05) is 17.7 Å². The highest BCUT2D eigenvalue weighted by Crippen LogP contribution is 2.27. The Bertz CT molecular complexity index is 1400. The van der Waals surface area contributed by atoms with Crippen LogP contribution in [-0.2, 0) is 26.3 Å². The number of hydrogen-bond acceptors (Lipinski definition) is 7. The first-order chi connectivity index (χ1) is 17.0. The molecule has 3 heterocycles. The summed E-state index contributed by atoms with van der Waals surface area (Å²) in [5.74, 6) is -1.92. The summed E-state index contributed by atoms with van der Waals surface area (Å²) in [6.45, 7) is 1.94. The fourth-order valence-corrected chi connectivity index (χ4v) is 5.97. The Balaban J connectivity index is 1.44. The molecule has 1 aromatic carbocycles. The summed E-state index contributed by atoms with van der Waals surface area (Å²) in [7, 11) is -2.89. The summed E-state index contributed by atoms with van der Waals surface area (Å²) in [6, 6.07) is 6.72. The summed E-state index contributed by atoms with van der Waals surface area (Å²) < 4.78 is 41.8. The number of amides is 2. The highest BCUT2D eigenvalue weighted by molar-refractivity contribution is 7.87. The lowest BCUT2D eigenvalue weighted by Gasteiger charge is -2.35. The zero-order valence-electron chi connectivity index (χ0n) is 19.2. The number of likely N-dealkylation sites (N-methyl/N-ethyl adjacent to an activating group) is 1. The van der Waals surface area contributed by atoms with Gasteiger partial charge in [-0.25, -0.2) is 9.37 Å². The van der Waals surface area contributed by atoms with Crippen molar-refractivity contribution in [2.24, 2.45) is 0 Å². The fourth-order valence-electron chi connectivity index (χ4n) is 3.56. The van der Waals surface area contributed by atoms with Crippen molar-refractivity contribution in [1.82, 2.24) is 24.3 Å². The maximum atomic E-state index is 13.4. The normalized spacial score (nSPS) is 19.6. The van der Waals surface area contributed by atoms with Crippen molar-refractivity contribution >= 4 is 50.6 Å². The smallest absolute Gasteiger partial charge is 0.280 e. The monoisotopic (exact) mass is 552 g/mol. The molecule has 1 aliphatic heterocycles. The highest BCUT2D eigenvalue weighted by atomic mass is 35.5. The van der Waals surface area contributed by atoms with E-state index in [0.717, 1.165) is 20.9 Å². The molecule has 2 unspecified atom stereocenters. The number of carbonyl (C=O) groups excluding carboxylic acids is 2. The van der Waals surface area contributed by atoms with Crippen LogP contribution in [0, 0.1) is 12.7 Å². The molecule has 3 N–H and O–H groups in total. The van der Waals surface area contributed by atoms with Crippen LogP contribution in [0.15, 0.2) is 42.6 Å². The van der Waals surface area contributed by atoms with Gasteiger partial charge in [-0.05, 0) is 43.7 Å². The Hall–Kier alpha value is -2.97. The predicted molar refractivity (Wildman–Crippen MR) is 134 cm³/mol. The minimum atomic E-state index is -4.12. The average Bonchev–Trinajstić information content (AvgIpc) is 3.22. The lowest BCUT2D eigenvalue weighted by Crippen LogP contribution is -2.62. The summed E-state index contributed by atoms with van der Waals surface area (Å²) in [4.78, 5) is 35.3. The highest BCUT2D eigenvalue weighted by Gasteiger charge is 2.42. The van der Waals surface area contributed by atoms with Crippen LogP contribution in [0.5, 0.6) is 0 Å². The van der Waals surface area contributed by atoms with E-state index < -0.39 is 39.9 Å². The van der Waals surface area contributed by atoms with E-state index in [-0.39, 0.29) is 23.7 Å².